The van der Waals surface area contributed by atoms with Crippen molar-refractivity contribution in [3.8, 4) is 0 Å². The standard InChI is InChI=1S/C14H22N2O/c1-2-4-16-5-3-15-14(16)9-13(17)12-7-10-6-11(10)8-12/h3,5,10-13,17H,2,4,6-9H2,1H3. The fourth-order valence-electron chi connectivity index (χ4n) is 3.40. The van der Waals surface area contributed by atoms with E-state index in [1.807, 2.05) is 12.4 Å². The van der Waals surface area contributed by atoms with Crippen LogP contribution in [-0.2, 0) is 13.0 Å². The minimum atomic E-state index is -0.180. The average molecular weight is 234 g/mol. The predicted molar refractivity (Wildman–Crippen MR) is 66.5 cm³/mol. The van der Waals surface area contributed by atoms with Crippen LogP contribution in [0.3, 0.4) is 0 Å². The Bertz CT molecular complexity index is 377. The molecule has 1 heterocycles. The molecule has 3 rings (SSSR count). The van der Waals surface area contributed by atoms with Gasteiger partial charge in [-0.25, -0.2) is 4.98 Å². The second-order valence-electron chi connectivity index (χ2n) is 5.80. The molecule has 0 bridgehead atoms. The lowest BCUT2D eigenvalue weighted by Gasteiger charge is -2.19. The normalized spacial score (nSPS) is 32.5. The fraction of sp³-hybridized carbons (Fsp3) is 0.786. The summed E-state index contributed by atoms with van der Waals surface area (Å²) in [6.07, 6.45) is 9.47. The van der Waals surface area contributed by atoms with E-state index >= 15 is 0 Å². The average Bonchev–Trinajstić information content (AvgIpc) is 2.75. The van der Waals surface area contributed by atoms with E-state index in [1.165, 1.54) is 19.3 Å². The zero-order chi connectivity index (χ0) is 11.8. The summed E-state index contributed by atoms with van der Waals surface area (Å²) in [4.78, 5) is 4.38. The maximum absolute atomic E-state index is 10.3. The van der Waals surface area contributed by atoms with Crippen LogP contribution in [0.25, 0.3) is 0 Å². The third-order valence-electron chi connectivity index (χ3n) is 4.48. The monoisotopic (exact) mass is 234 g/mol. The highest BCUT2D eigenvalue weighted by Crippen LogP contribution is 2.55. The van der Waals surface area contributed by atoms with Crippen molar-refractivity contribution >= 4 is 0 Å². The Balaban J connectivity index is 1.59. The summed E-state index contributed by atoms with van der Waals surface area (Å²) in [7, 11) is 0. The number of aromatic nitrogens is 2. The molecule has 0 amide bonds. The Morgan fingerprint density at radius 1 is 1.41 bits per heavy atom. The van der Waals surface area contributed by atoms with Crippen LogP contribution in [0.2, 0.25) is 0 Å². The van der Waals surface area contributed by atoms with Crippen LogP contribution in [0.1, 0.15) is 38.4 Å². The van der Waals surface area contributed by atoms with Crippen molar-refractivity contribution in [3.63, 3.8) is 0 Å². The summed E-state index contributed by atoms with van der Waals surface area (Å²) in [6.45, 7) is 3.18. The number of nitrogens with zero attached hydrogens (tertiary/aromatic N) is 2. The van der Waals surface area contributed by atoms with Gasteiger partial charge in [0, 0.05) is 25.4 Å². The molecule has 1 N–H and O–H groups in total. The zero-order valence-electron chi connectivity index (χ0n) is 10.5. The number of hydrogen-bond donors (Lipinski definition) is 1. The largest absolute Gasteiger partial charge is 0.392 e. The molecule has 17 heavy (non-hydrogen) atoms. The molecular weight excluding hydrogens is 212 g/mol. The molecule has 1 aromatic rings. The number of imidazole rings is 1. The number of fused-ring (bicyclic) bond motifs is 1. The second kappa shape index (κ2) is 4.45. The van der Waals surface area contributed by atoms with E-state index in [1.54, 1.807) is 0 Å². The van der Waals surface area contributed by atoms with Gasteiger partial charge in [-0.05, 0) is 43.4 Å². The number of aryl methyl sites for hydroxylation is 1. The molecule has 3 atom stereocenters. The Hall–Kier alpha value is -0.830. The van der Waals surface area contributed by atoms with Crippen molar-refractivity contribution < 1.29 is 5.11 Å². The number of aliphatic hydroxyl groups is 1. The number of rotatable bonds is 5. The van der Waals surface area contributed by atoms with Gasteiger partial charge >= 0.3 is 0 Å². The molecule has 0 radical (unpaired) electrons. The first kappa shape index (κ1) is 11.3. The lowest BCUT2D eigenvalue weighted by atomic mass is 9.94. The van der Waals surface area contributed by atoms with E-state index in [-0.39, 0.29) is 6.10 Å². The van der Waals surface area contributed by atoms with Gasteiger partial charge in [-0.2, -0.15) is 0 Å². The van der Waals surface area contributed by atoms with Gasteiger partial charge in [0.1, 0.15) is 5.82 Å². The van der Waals surface area contributed by atoms with Gasteiger partial charge in [-0.1, -0.05) is 6.92 Å². The van der Waals surface area contributed by atoms with Crippen molar-refractivity contribution in [2.45, 2.75) is 51.7 Å². The van der Waals surface area contributed by atoms with E-state index in [4.69, 9.17) is 0 Å². The van der Waals surface area contributed by atoms with Crippen LogP contribution < -0.4 is 0 Å². The molecule has 0 aliphatic heterocycles. The van der Waals surface area contributed by atoms with Crippen LogP contribution >= 0.6 is 0 Å². The first-order chi connectivity index (χ1) is 8.28. The molecule has 0 spiro atoms. The van der Waals surface area contributed by atoms with Gasteiger partial charge in [-0.3, -0.25) is 0 Å². The van der Waals surface area contributed by atoms with Gasteiger partial charge in [0.25, 0.3) is 0 Å². The minimum Gasteiger partial charge on any atom is -0.392 e. The predicted octanol–water partition coefficient (Wildman–Crippen LogP) is 2.24. The molecule has 2 aliphatic carbocycles. The lowest BCUT2D eigenvalue weighted by Crippen LogP contribution is -2.23. The third kappa shape index (κ3) is 2.25. The van der Waals surface area contributed by atoms with Crippen molar-refractivity contribution in [2.24, 2.45) is 17.8 Å². The maximum Gasteiger partial charge on any atom is 0.111 e. The Morgan fingerprint density at radius 2 is 2.18 bits per heavy atom. The van der Waals surface area contributed by atoms with E-state index in [0.717, 1.165) is 37.0 Å². The first-order valence-corrected chi connectivity index (χ1v) is 6.96. The molecule has 1 aromatic heterocycles. The first-order valence-electron chi connectivity index (χ1n) is 6.96. The minimum absolute atomic E-state index is 0.180. The summed E-state index contributed by atoms with van der Waals surface area (Å²) in [5.74, 6) is 3.49. The molecule has 94 valence electrons. The molecule has 3 nitrogen and oxygen atoms in total. The van der Waals surface area contributed by atoms with Crippen LogP contribution in [0.15, 0.2) is 12.4 Å². The molecule has 2 fully saturated rings. The van der Waals surface area contributed by atoms with Crippen LogP contribution in [0.5, 0.6) is 0 Å². The van der Waals surface area contributed by atoms with Crippen molar-refractivity contribution in [1.82, 2.24) is 9.55 Å². The van der Waals surface area contributed by atoms with Crippen LogP contribution in [0.4, 0.5) is 0 Å². The van der Waals surface area contributed by atoms with E-state index in [0.29, 0.717) is 5.92 Å². The summed E-state index contributed by atoms with van der Waals surface area (Å²) < 4.78 is 2.18. The Kier molecular flexibility index (Phi) is 2.95. The maximum atomic E-state index is 10.3. The van der Waals surface area contributed by atoms with Crippen LogP contribution in [0, 0.1) is 17.8 Å². The highest BCUT2D eigenvalue weighted by atomic mass is 16.3. The highest BCUT2D eigenvalue weighted by Gasteiger charge is 2.47. The Labute approximate surface area is 103 Å². The van der Waals surface area contributed by atoms with Crippen LogP contribution in [-0.4, -0.2) is 20.8 Å². The molecular formula is C14H22N2O. The second-order valence-corrected chi connectivity index (χ2v) is 5.80. The molecule has 2 aliphatic rings. The molecule has 2 saturated carbocycles. The number of hydrogen-bond acceptors (Lipinski definition) is 2. The van der Waals surface area contributed by atoms with Gasteiger partial charge in [0.2, 0.25) is 0 Å². The molecule has 3 unspecified atom stereocenters. The fourth-order valence-corrected chi connectivity index (χ4v) is 3.40. The van der Waals surface area contributed by atoms with E-state index in [2.05, 4.69) is 16.5 Å². The summed E-state index contributed by atoms with van der Waals surface area (Å²) in [5.41, 5.74) is 0. The van der Waals surface area contributed by atoms with Crippen molar-refractivity contribution in [1.29, 1.82) is 0 Å². The smallest absolute Gasteiger partial charge is 0.111 e. The third-order valence-corrected chi connectivity index (χ3v) is 4.48. The SMILES string of the molecule is CCCn1ccnc1CC(O)C1CC2CC2C1. The van der Waals surface area contributed by atoms with Gasteiger partial charge < -0.3 is 9.67 Å². The number of aliphatic hydroxyl groups excluding tert-OH is 1. The van der Waals surface area contributed by atoms with Crippen molar-refractivity contribution in [2.75, 3.05) is 0 Å². The summed E-state index contributed by atoms with van der Waals surface area (Å²) in [5, 5.41) is 10.3. The quantitative estimate of drug-likeness (QED) is 0.848. The molecule has 3 heteroatoms. The van der Waals surface area contributed by atoms with Gasteiger partial charge in [-0.15, -0.1) is 0 Å². The van der Waals surface area contributed by atoms with E-state index in [9.17, 15) is 5.11 Å². The van der Waals surface area contributed by atoms with Crippen molar-refractivity contribution in [3.05, 3.63) is 18.2 Å². The van der Waals surface area contributed by atoms with Gasteiger partial charge in [0.05, 0.1) is 6.10 Å². The topological polar surface area (TPSA) is 38.0 Å². The molecule has 0 saturated heterocycles. The summed E-state index contributed by atoms with van der Waals surface area (Å²) in [6, 6.07) is 0. The Morgan fingerprint density at radius 3 is 2.88 bits per heavy atom. The lowest BCUT2D eigenvalue weighted by molar-refractivity contribution is 0.101. The molecule has 0 aromatic carbocycles. The zero-order valence-corrected chi connectivity index (χ0v) is 10.5. The van der Waals surface area contributed by atoms with E-state index < -0.39 is 0 Å². The summed E-state index contributed by atoms with van der Waals surface area (Å²) >= 11 is 0. The highest BCUT2D eigenvalue weighted by molar-refractivity contribution is 5.01. The van der Waals surface area contributed by atoms with Gasteiger partial charge in [0.15, 0.2) is 0 Å².